The number of fused-ring (bicyclic) bond motifs is 1. The van der Waals surface area contributed by atoms with Crippen molar-refractivity contribution in [3.63, 3.8) is 0 Å². The summed E-state index contributed by atoms with van der Waals surface area (Å²) >= 11 is 0. The number of hydrogen-bond acceptors (Lipinski definition) is 6. The van der Waals surface area contributed by atoms with E-state index in [9.17, 15) is 9.59 Å². The first-order valence-electron chi connectivity index (χ1n) is 12.1. The number of nitrogens with zero attached hydrogens (tertiary/aromatic N) is 2. The van der Waals surface area contributed by atoms with E-state index in [1.165, 1.54) is 0 Å². The van der Waals surface area contributed by atoms with Gasteiger partial charge in [0.2, 0.25) is 5.91 Å². The van der Waals surface area contributed by atoms with Gasteiger partial charge in [-0.15, -0.1) is 0 Å². The van der Waals surface area contributed by atoms with Gasteiger partial charge >= 0.3 is 0 Å². The van der Waals surface area contributed by atoms with Crippen molar-refractivity contribution in [2.45, 2.75) is 77.2 Å². The van der Waals surface area contributed by atoms with Crippen molar-refractivity contribution < 1.29 is 19.1 Å². The summed E-state index contributed by atoms with van der Waals surface area (Å²) in [6, 6.07) is 7.68. The highest BCUT2D eigenvalue weighted by Gasteiger charge is 2.34. The van der Waals surface area contributed by atoms with Crippen LogP contribution in [0.5, 0.6) is 11.5 Å². The van der Waals surface area contributed by atoms with Crippen LogP contribution in [0.4, 0.5) is 5.82 Å². The van der Waals surface area contributed by atoms with Gasteiger partial charge in [-0.05, 0) is 38.7 Å². The van der Waals surface area contributed by atoms with Gasteiger partial charge in [0.1, 0.15) is 11.4 Å². The third kappa shape index (κ3) is 4.75. The fourth-order valence-electron chi connectivity index (χ4n) is 4.58. The van der Waals surface area contributed by atoms with Crippen LogP contribution in [0.15, 0.2) is 24.3 Å². The predicted molar refractivity (Wildman–Crippen MR) is 127 cm³/mol. The lowest BCUT2D eigenvalue weighted by molar-refractivity contribution is -0.126. The molecule has 1 aliphatic carbocycles. The normalized spacial score (nSPS) is 23.3. The van der Waals surface area contributed by atoms with Gasteiger partial charge in [0.25, 0.3) is 5.91 Å². The summed E-state index contributed by atoms with van der Waals surface area (Å²) in [5.74, 6) is 2.15. The van der Waals surface area contributed by atoms with Crippen molar-refractivity contribution in [3.05, 3.63) is 35.5 Å². The molecule has 182 valence electrons. The Bertz CT molecular complexity index is 1100. The number of para-hydroxylation sites is 1. The lowest BCUT2D eigenvalue weighted by Crippen LogP contribution is -2.55. The van der Waals surface area contributed by atoms with E-state index in [4.69, 9.17) is 14.6 Å². The fraction of sp³-hybridized carbons (Fsp3) is 0.560. The van der Waals surface area contributed by atoms with Gasteiger partial charge in [0.05, 0.1) is 5.69 Å². The van der Waals surface area contributed by atoms with Crippen LogP contribution in [-0.4, -0.2) is 39.8 Å². The molecule has 3 heterocycles. The molecule has 3 aliphatic rings. The quantitative estimate of drug-likeness (QED) is 0.578. The van der Waals surface area contributed by atoms with Crippen LogP contribution in [0.25, 0.3) is 0 Å². The van der Waals surface area contributed by atoms with Crippen LogP contribution >= 0.6 is 0 Å². The first-order chi connectivity index (χ1) is 16.2. The predicted octanol–water partition coefficient (Wildman–Crippen LogP) is 3.08. The van der Waals surface area contributed by atoms with Crippen molar-refractivity contribution in [3.8, 4) is 11.5 Å². The molecule has 2 atom stereocenters. The van der Waals surface area contributed by atoms with Crippen LogP contribution in [0.3, 0.4) is 0 Å². The first kappa shape index (κ1) is 22.7. The summed E-state index contributed by atoms with van der Waals surface area (Å²) in [5.41, 5.74) is 1.71. The maximum atomic E-state index is 12.9. The van der Waals surface area contributed by atoms with Crippen LogP contribution in [-0.2, 0) is 16.0 Å². The zero-order valence-electron chi connectivity index (χ0n) is 20.2. The Labute approximate surface area is 199 Å². The molecule has 0 bridgehead atoms. The highest BCUT2D eigenvalue weighted by molar-refractivity contribution is 5.91. The molecule has 1 aromatic heterocycles. The number of rotatable bonds is 7. The number of ether oxygens (including phenoxy) is 2. The molecule has 5 rings (SSSR count). The van der Waals surface area contributed by atoms with E-state index >= 15 is 0 Å². The van der Waals surface area contributed by atoms with E-state index in [0.29, 0.717) is 35.6 Å². The van der Waals surface area contributed by atoms with Crippen LogP contribution in [0.2, 0.25) is 0 Å². The molecule has 34 heavy (non-hydrogen) atoms. The molecular formula is C25H33N5O4. The van der Waals surface area contributed by atoms with Gasteiger partial charge in [-0.3, -0.25) is 14.9 Å². The van der Waals surface area contributed by atoms with E-state index in [1.54, 1.807) is 4.68 Å². The van der Waals surface area contributed by atoms with E-state index in [2.05, 4.69) is 29.8 Å². The Kier molecular flexibility index (Phi) is 5.75. The largest absolute Gasteiger partial charge is 0.483 e. The second-order valence-corrected chi connectivity index (χ2v) is 10.5. The summed E-state index contributed by atoms with van der Waals surface area (Å²) in [6.07, 6.45) is 2.86. The van der Waals surface area contributed by atoms with Gasteiger partial charge in [-0.2, -0.15) is 5.10 Å². The smallest absolute Gasteiger partial charge is 0.263 e. The van der Waals surface area contributed by atoms with Crippen molar-refractivity contribution in [1.29, 1.82) is 0 Å². The average molecular weight is 468 g/mol. The minimum atomic E-state index is -0.523. The number of carbonyl (C=O) groups is 2. The maximum absolute atomic E-state index is 12.9. The molecular weight excluding hydrogens is 434 g/mol. The molecule has 2 aliphatic heterocycles. The summed E-state index contributed by atoms with van der Waals surface area (Å²) in [6.45, 7) is 8.06. The molecule has 1 saturated carbocycles. The first-order valence-corrected chi connectivity index (χ1v) is 12.1. The van der Waals surface area contributed by atoms with E-state index < -0.39 is 6.29 Å². The number of aromatic nitrogens is 2. The van der Waals surface area contributed by atoms with Gasteiger partial charge in [0.15, 0.2) is 24.4 Å². The van der Waals surface area contributed by atoms with Gasteiger partial charge in [-0.1, -0.05) is 26.0 Å². The molecule has 2 aromatic rings. The van der Waals surface area contributed by atoms with Gasteiger partial charge in [-0.25, -0.2) is 4.68 Å². The van der Waals surface area contributed by atoms with Crippen molar-refractivity contribution in [2.75, 3.05) is 11.9 Å². The Morgan fingerprint density at radius 1 is 1.35 bits per heavy atom. The zero-order chi connectivity index (χ0) is 24.0. The third-order valence-electron chi connectivity index (χ3n) is 6.56. The number of carbonyl (C=O) groups excluding carboxylic acids is 2. The van der Waals surface area contributed by atoms with Crippen LogP contribution in [0.1, 0.15) is 70.4 Å². The summed E-state index contributed by atoms with van der Waals surface area (Å²) < 4.78 is 13.5. The summed E-state index contributed by atoms with van der Waals surface area (Å²) in [7, 11) is 0. The zero-order valence-corrected chi connectivity index (χ0v) is 20.2. The molecule has 9 nitrogen and oxygen atoms in total. The van der Waals surface area contributed by atoms with Crippen molar-refractivity contribution in [2.24, 2.45) is 5.92 Å². The molecule has 2 unspecified atom stereocenters. The molecule has 0 radical (unpaired) electrons. The van der Waals surface area contributed by atoms with Crippen LogP contribution in [0, 0.1) is 5.92 Å². The second kappa shape index (κ2) is 8.61. The van der Waals surface area contributed by atoms with E-state index in [0.717, 1.165) is 30.5 Å². The highest BCUT2D eigenvalue weighted by Crippen LogP contribution is 2.42. The molecule has 0 spiro atoms. The lowest BCUT2D eigenvalue weighted by atomic mass is 9.99. The summed E-state index contributed by atoms with van der Waals surface area (Å²) in [4.78, 5) is 25.2. The Morgan fingerprint density at radius 2 is 2.15 bits per heavy atom. The van der Waals surface area contributed by atoms with E-state index in [1.807, 2.05) is 38.1 Å². The van der Waals surface area contributed by atoms with Gasteiger partial charge in [0, 0.05) is 36.4 Å². The molecule has 2 amide bonds. The second-order valence-electron chi connectivity index (χ2n) is 10.5. The molecule has 2 fully saturated rings. The fourth-order valence-corrected chi connectivity index (χ4v) is 4.58. The SMILES string of the molecule is CC(C)C1CC(=O)NC(n2nc(C3CC3)cc2NC(=O)COc2cccc3c2OC(C)(C)C3)N1. The Hall–Kier alpha value is -3.07. The molecule has 9 heteroatoms. The van der Waals surface area contributed by atoms with Crippen molar-refractivity contribution in [1.82, 2.24) is 20.4 Å². The van der Waals surface area contributed by atoms with E-state index in [-0.39, 0.29) is 30.1 Å². The number of hydrogen-bond donors (Lipinski definition) is 3. The number of nitrogens with one attached hydrogen (secondary N) is 3. The number of amides is 2. The average Bonchev–Trinajstić information content (AvgIpc) is 3.45. The Morgan fingerprint density at radius 3 is 2.88 bits per heavy atom. The minimum absolute atomic E-state index is 0.0311. The number of anilines is 1. The monoisotopic (exact) mass is 467 g/mol. The van der Waals surface area contributed by atoms with Crippen molar-refractivity contribution >= 4 is 17.6 Å². The maximum Gasteiger partial charge on any atom is 0.263 e. The standard InChI is InChI=1S/C25H33N5O4/c1-14(2)17-11-21(31)28-24(26-17)30-20(10-18(29-30)15-8-9-15)27-22(32)13-33-19-7-5-6-16-12-25(3,4)34-23(16)19/h5-7,10,14-15,17,24,26H,8-9,11-13H2,1-4H3,(H,27,32)(H,28,31). The summed E-state index contributed by atoms with van der Waals surface area (Å²) in [5, 5.41) is 14.0. The Balaban J connectivity index is 1.30. The molecule has 1 aromatic carbocycles. The topological polar surface area (TPSA) is 107 Å². The molecule has 1 saturated heterocycles. The highest BCUT2D eigenvalue weighted by atomic mass is 16.5. The minimum Gasteiger partial charge on any atom is -0.483 e. The van der Waals surface area contributed by atoms with Gasteiger partial charge < -0.3 is 20.1 Å². The molecule has 3 N–H and O–H groups in total. The third-order valence-corrected chi connectivity index (χ3v) is 6.56. The van der Waals surface area contributed by atoms with Crippen LogP contribution < -0.4 is 25.4 Å². The lowest BCUT2D eigenvalue weighted by Gasteiger charge is -2.34. The number of benzene rings is 1.